The Labute approximate surface area is 181 Å². The summed E-state index contributed by atoms with van der Waals surface area (Å²) in [5, 5.41) is 13.9. The van der Waals surface area contributed by atoms with Crippen molar-refractivity contribution >= 4 is 34.8 Å². The molecule has 0 atom stereocenters. The first-order chi connectivity index (χ1) is 13.9. The first-order valence-corrected chi connectivity index (χ1v) is 9.94. The maximum atomic E-state index is 12.8. The molecule has 0 aromatic heterocycles. The van der Waals surface area contributed by atoms with Gasteiger partial charge in [-0.15, -0.1) is 0 Å². The van der Waals surface area contributed by atoms with Crippen molar-refractivity contribution in [2.75, 3.05) is 0 Å². The molecule has 2 aliphatic heterocycles. The molecule has 0 spiro atoms. The number of aryl methyl sites for hydroxylation is 1. The average Bonchev–Trinajstić information content (AvgIpc) is 3.00. The first-order valence-electron chi connectivity index (χ1n) is 8.80. The second kappa shape index (κ2) is 7.71. The number of hydrogen-bond acceptors (Lipinski definition) is 4. The molecular weight excluding hydrogens is 435 g/mol. The van der Waals surface area contributed by atoms with Crippen LogP contribution in [0.1, 0.15) is 24.0 Å². The van der Waals surface area contributed by atoms with Crippen LogP contribution >= 0.6 is 34.8 Å². The van der Waals surface area contributed by atoms with Gasteiger partial charge < -0.3 is 5.11 Å². The van der Waals surface area contributed by atoms with Crippen LogP contribution in [0.2, 0.25) is 15.1 Å². The van der Waals surface area contributed by atoms with E-state index in [0.717, 1.165) is 5.56 Å². The summed E-state index contributed by atoms with van der Waals surface area (Å²) in [6.45, 7) is 1.92. The molecule has 2 N–H and O–H groups in total. The van der Waals surface area contributed by atoms with Gasteiger partial charge in [-0.25, -0.2) is 9.67 Å². The minimum Gasteiger partial charge on any atom is -0.508 e. The highest BCUT2D eigenvalue weighted by atomic mass is 35.5. The van der Waals surface area contributed by atoms with Crippen molar-refractivity contribution in [2.24, 2.45) is 0 Å². The Bertz CT molecular complexity index is 1230. The predicted octanol–water partition coefficient (Wildman–Crippen LogP) is 4.88. The highest BCUT2D eigenvalue weighted by Crippen LogP contribution is 2.35. The van der Waals surface area contributed by atoms with Crippen LogP contribution in [-0.4, -0.2) is 24.9 Å². The van der Waals surface area contributed by atoms with E-state index in [-0.39, 0.29) is 12.2 Å². The van der Waals surface area contributed by atoms with Crippen molar-refractivity contribution in [1.82, 2.24) is 19.7 Å². The number of aromatic nitrogens is 4. The fraction of sp³-hybridized carbons (Fsp3) is 0.150. The van der Waals surface area contributed by atoms with Gasteiger partial charge in [0.15, 0.2) is 5.82 Å². The molecule has 0 aliphatic carbocycles. The van der Waals surface area contributed by atoms with Crippen LogP contribution in [0.25, 0.3) is 17.1 Å². The zero-order valence-electron chi connectivity index (χ0n) is 15.2. The monoisotopic (exact) mass is 448 g/mol. The molecule has 2 aliphatic rings. The van der Waals surface area contributed by atoms with Crippen LogP contribution < -0.4 is 5.56 Å². The third kappa shape index (κ3) is 3.71. The number of aromatic hydroxyl groups is 1. The third-order valence-electron chi connectivity index (χ3n) is 4.50. The SMILES string of the molecule is CCc1[nH]n(-c2c(Cl)cc(Cl)cc2Cl)c2nc(Cc3cccc(O)c3)nc(=O)c1-2. The Morgan fingerprint density at radius 3 is 2.48 bits per heavy atom. The molecule has 0 radical (unpaired) electrons. The summed E-state index contributed by atoms with van der Waals surface area (Å²) in [5.74, 6) is 0.837. The molecule has 148 valence electrons. The van der Waals surface area contributed by atoms with E-state index in [9.17, 15) is 9.90 Å². The summed E-state index contributed by atoms with van der Waals surface area (Å²) in [5.41, 5.74) is 1.90. The predicted molar refractivity (Wildman–Crippen MR) is 114 cm³/mol. The molecule has 6 nitrogen and oxygen atoms in total. The largest absolute Gasteiger partial charge is 0.508 e. The fourth-order valence-electron chi connectivity index (χ4n) is 3.24. The van der Waals surface area contributed by atoms with Gasteiger partial charge in [0.2, 0.25) is 0 Å². The molecule has 2 aromatic rings. The number of phenols is 1. The standard InChI is InChI=1S/C20H15Cl3N4O2/c1-2-15-17-19(27(26-15)18-13(22)8-11(21)9-14(18)23)24-16(25-20(17)29)7-10-4-3-5-12(28)6-10/h3-6,8-9,26,28H,2,7H2,1H3. The Hall–Kier alpha value is -2.54. The number of benzene rings is 2. The minimum absolute atomic E-state index is 0.135. The smallest absolute Gasteiger partial charge is 0.284 e. The Morgan fingerprint density at radius 1 is 1.10 bits per heavy atom. The van der Waals surface area contributed by atoms with Crippen molar-refractivity contribution in [3.05, 3.63) is 78.9 Å². The van der Waals surface area contributed by atoms with Gasteiger partial charge in [-0.1, -0.05) is 53.9 Å². The molecule has 9 heteroatoms. The van der Waals surface area contributed by atoms with Crippen molar-refractivity contribution in [2.45, 2.75) is 19.8 Å². The number of hydrogen-bond donors (Lipinski definition) is 2. The molecule has 0 bridgehead atoms. The van der Waals surface area contributed by atoms with E-state index in [1.165, 1.54) is 0 Å². The number of H-pyrrole nitrogens is 1. The molecule has 0 amide bonds. The lowest BCUT2D eigenvalue weighted by molar-refractivity contribution is 0.474. The lowest BCUT2D eigenvalue weighted by Gasteiger charge is -2.11. The van der Waals surface area contributed by atoms with Crippen LogP contribution in [0.4, 0.5) is 0 Å². The number of nitrogens with zero attached hydrogens (tertiary/aromatic N) is 3. The summed E-state index contributed by atoms with van der Waals surface area (Å²) in [4.78, 5) is 21.5. The number of phenolic OH excluding ortho intramolecular Hbond substituents is 1. The lowest BCUT2D eigenvalue weighted by Crippen LogP contribution is -2.17. The lowest BCUT2D eigenvalue weighted by atomic mass is 10.1. The van der Waals surface area contributed by atoms with Gasteiger partial charge in [0.1, 0.15) is 22.8 Å². The van der Waals surface area contributed by atoms with Crippen molar-refractivity contribution in [1.29, 1.82) is 0 Å². The van der Waals surface area contributed by atoms with Crippen LogP contribution in [-0.2, 0) is 12.8 Å². The number of aromatic amines is 1. The van der Waals surface area contributed by atoms with Crippen LogP contribution in [0.3, 0.4) is 0 Å². The maximum absolute atomic E-state index is 12.8. The molecule has 0 saturated carbocycles. The molecule has 4 rings (SSSR count). The Balaban J connectivity index is 1.92. The Kier molecular flexibility index (Phi) is 5.25. The summed E-state index contributed by atoms with van der Waals surface area (Å²) in [6, 6.07) is 9.87. The van der Waals surface area contributed by atoms with Gasteiger partial charge in [0.05, 0.1) is 10.0 Å². The minimum atomic E-state index is -0.391. The maximum Gasteiger partial charge on any atom is 0.284 e. The summed E-state index contributed by atoms with van der Waals surface area (Å²) >= 11 is 18.8. The highest BCUT2D eigenvalue weighted by Gasteiger charge is 2.25. The molecule has 2 heterocycles. The van der Waals surface area contributed by atoms with E-state index in [1.54, 1.807) is 35.0 Å². The number of rotatable bonds is 4. The van der Waals surface area contributed by atoms with Crippen molar-refractivity contribution < 1.29 is 5.11 Å². The molecule has 29 heavy (non-hydrogen) atoms. The van der Waals surface area contributed by atoms with E-state index in [0.29, 0.717) is 50.1 Å². The van der Waals surface area contributed by atoms with E-state index in [2.05, 4.69) is 15.1 Å². The first kappa shape index (κ1) is 19.8. The number of fused-ring (bicyclic) bond motifs is 1. The number of halogens is 3. The van der Waals surface area contributed by atoms with E-state index >= 15 is 0 Å². The topological polar surface area (TPSA) is 83.8 Å². The normalized spacial score (nSPS) is 11.3. The Morgan fingerprint density at radius 2 is 1.83 bits per heavy atom. The van der Waals surface area contributed by atoms with Gasteiger partial charge in [-0.05, 0) is 36.2 Å². The number of nitrogens with one attached hydrogen (secondary N) is 1. The quantitative estimate of drug-likeness (QED) is 0.465. The second-order valence-corrected chi connectivity index (χ2v) is 7.74. The summed E-state index contributed by atoms with van der Waals surface area (Å²) in [7, 11) is 0. The fourth-order valence-corrected chi connectivity index (χ4v) is 4.22. The molecular formula is C20H15Cl3N4O2. The summed E-state index contributed by atoms with van der Waals surface area (Å²) in [6.07, 6.45) is 0.852. The van der Waals surface area contributed by atoms with E-state index < -0.39 is 5.56 Å². The molecule has 0 unspecified atom stereocenters. The van der Waals surface area contributed by atoms with Gasteiger partial charge in [0, 0.05) is 17.1 Å². The summed E-state index contributed by atoms with van der Waals surface area (Å²) < 4.78 is 1.59. The van der Waals surface area contributed by atoms with Crippen LogP contribution in [0, 0.1) is 0 Å². The van der Waals surface area contributed by atoms with Gasteiger partial charge >= 0.3 is 0 Å². The zero-order valence-corrected chi connectivity index (χ0v) is 17.5. The highest BCUT2D eigenvalue weighted by molar-refractivity contribution is 6.40. The van der Waals surface area contributed by atoms with Crippen molar-refractivity contribution in [3.8, 4) is 22.8 Å². The van der Waals surface area contributed by atoms with Crippen LogP contribution in [0.15, 0.2) is 41.2 Å². The van der Waals surface area contributed by atoms with Crippen LogP contribution in [0.5, 0.6) is 5.75 Å². The van der Waals surface area contributed by atoms with Gasteiger partial charge in [0.25, 0.3) is 5.56 Å². The molecule has 0 saturated heterocycles. The zero-order chi connectivity index (χ0) is 20.7. The van der Waals surface area contributed by atoms with Gasteiger partial charge in [-0.3, -0.25) is 9.89 Å². The average molecular weight is 450 g/mol. The van der Waals surface area contributed by atoms with E-state index in [1.807, 2.05) is 13.0 Å². The molecule has 2 aromatic carbocycles. The molecule has 0 fully saturated rings. The van der Waals surface area contributed by atoms with Crippen molar-refractivity contribution in [3.63, 3.8) is 0 Å². The third-order valence-corrected chi connectivity index (χ3v) is 5.29. The van der Waals surface area contributed by atoms with E-state index in [4.69, 9.17) is 34.8 Å². The van der Waals surface area contributed by atoms with Gasteiger partial charge in [-0.2, -0.15) is 4.98 Å². The second-order valence-electron chi connectivity index (χ2n) is 6.49.